The van der Waals surface area contributed by atoms with Gasteiger partial charge >= 0.3 is 6.36 Å². The largest absolute Gasteiger partial charge is 0.573 e. The van der Waals surface area contributed by atoms with Gasteiger partial charge in [-0.1, -0.05) is 26.0 Å². The average Bonchev–Trinajstić information content (AvgIpc) is 3.36. The van der Waals surface area contributed by atoms with Crippen molar-refractivity contribution in [3.63, 3.8) is 0 Å². The van der Waals surface area contributed by atoms with Crippen molar-refractivity contribution >= 4 is 35.1 Å². The molecular formula is C30H36ClF5N4O4. The number of nitrogens with one attached hydrogen (secondary N) is 1. The van der Waals surface area contributed by atoms with E-state index in [4.69, 9.17) is 10.5 Å². The molecule has 1 aromatic heterocycles. The first-order valence-corrected chi connectivity index (χ1v) is 14.0. The molecule has 1 aliphatic rings. The monoisotopic (exact) mass is 646 g/mol. The Bertz CT molecular complexity index is 1470. The van der Waals surface area contributed by atoms with Gasteiger partial charge in [0.05, 0.1) is 29.1 Å². The molecule has 2 aromatic carbocycles. The van der Waals surface area contributed by atoms with Crippen molar-refractivity contribution in [2.75, 3.05) is 26.8 Å². The Morgan fingerprint density at radius 2 is 1.75 bits per heavy atom. The number of aromatic nitrogens is 1. The van der Waals surface area contributed by atoms with E-state index < -0.39 is 35.7 Å². The molecule has 1 fully saturated rings. The third-order valence-corrected chi connectivity index (χ3v) is 7.69. The Morgan fingerprint density at radius 1 is 1.09 bits per heavy atom. The number of piperidine rings is 1. The maximum atomic E-state index is 14.9. The summed E-state index contributed by atoms with van der Waals surface area (Å²) in [7, 11) is 1.42. The number of rotatable bonds is 10. The van der Waals surface area contributed by atoms with Crippen molar-refractivity contribution in [1.82, 2.24) is 14.8 Å². The molecule has 44 heavy (non-hydrogen) atoms. The summed E-state index contributed by atoms with van der Waals surface area (Å²) in [5, 5.41) is 2.49. The van der Waals surface area contributed by atoms with Crippen LogP contribution in [0.5, 0.6) is 5.75 Å². The number of hydrogen-bond donors (Lipinski definition) is 2. The van der Waals surface area contributed by atoms with Crippen molar-refractivity contribution in [1.29, 1.82) is 0 Å². The van der Waals surface area contributed by atoms with Gasteiger partial charge in [0.15, 0.2) is 0 Å². The van der Waals surface area contributed by atoms with E-state index in [2.05, 4.69) is 10.1 Å². The molecule has 2 amide bonds. The van der Waals surface area contributed by atoms with Crippen molar-refractivity contribution in [3.05, 3.63) is 64.9 Å². The highest BCUT2D eigenvalue weighted by Gasteiger charge is 2.35. The second-order valence-corrected chi connectivity index (χ2v) is 11.0. The smallest absolute Gasteiger partial charge is 0.405 e. The van der Waals surface area contributed by atoms with Crippen LogP contribution < -0.4 is 15.8 Å². The fraction of sp³-hybridized carbons (Fsp3) is 0.467. The maximum Gasteiger partial charge on any atom is 0.573 e. The van der Waals surface area contributed by atoms with Crippen LogP contribution >= 0.6 is 12.4 Å². The lowest BCUT2D eigenvalue weighted by molar-refractivity contribution is -0.274. The van der Waals surface area contributed by atoms with E-state index in [9.17, 15) is 31.5 Å². The molecule has 3 N–H and O–H groups in total. The predicted octanol–water partition coefficient (Wildman–Crippen LogP) is 5.51. The summed E-state index contributed by atoms with van der Waals surface area (Å²) in [4.78, 5) is 27.3. The molecule has 4 rings (SSSR count). The molecule has 0 unspecified atom stereocenters. The van der Waals surface area contributed by atoms with Gasteiger partial charge in [-0.3, -0.25) is 9.59 Å². The molecule has 0 saturated carbocycles. The van der Waals surface area contributed by atoms with Gasteiger partial charge in [0.1, 0.15) is 17.4 Å². The predicted molar refractivity (Wildman–Crippen MR) is 157 cm³/mol. The minimum Gasteiger partial charge on any atom is -0.405 e. The number of ether oxygens (including phenoxy) is 2. The summed E-state index contributed by atoms with van der Waals surface area (Å²) >= 11 is 0. The molecule has 14 heteroatoms. The van der Waals surface area contributed by atoms with Crippen molar-refractivity contribution in [2.45, 2.75) is 58.1 Å². The highest BCUT2D eigenvalue weighted by Crippen LogP contribution is 2.38. The maximum absolute atomic E-state index is 14.9. The molecule has 2 heterocycles. The summed E-state index contributed by atoms with van der Waals surface area (Å²) in [6.07, 6.45) is -2.97. The number of hydrogen-bond acceptors (Lipinski definition) is 5. The van der Waals surface area contributed by atoms with E-state index in [0.717, 1.165) is 12.1 Å². The summed E-state index contributed by atoms with van der Waals surface area (Å²) < 4.78 is 79.9. The summed E-state index contributed by atoms with van der Waals surface area (Å²) in [6, 6.07) is 5.65. The van der Waals surface area contributed by atoms with E-state index in [-0.39, 0.29) is 79.4 Å². The molecule has 0 bridgehead atoms. The summed E-state index contributed by atoms with van der Waals surface area (Å²) in [6.45, 7) is 4.47. The molecule has 1 aliphatic heterocycles. The lowest BCUT2D eigenvalue weighted by Gasteiger charge is -2.32. The number of carbonyl (C=O) groups excluding carboxylic acids is 2. The first kappa shape index (κ1) is 35.1. The molecule has 0 aliphatic carbocycles. The molecular weight excluding hydrogens is 611 g/mol. The normalized spacial score (nSPS) is 14.9. The Balaban J connectivity index is 0.00000529. The number of nitrogens with two attached hydrogens (primary N) is 1. The van der Waals surface area contributed by atoms with Crippen molar-refractivity contribution < 1.29 is 41.0 Å². The number of alkyl halides is 3. The number of fused-ring (bicyclic) bond motifs is 1. The molecule has 0 radical (unpaired) electrons. The zero-order valence-electron chi connectivity index (χ0n) is 24.5. The standard InChI is InChI=1S/C30H35F5N4O4.ClH/c1-17(2)26(36)28(40)37-15-18-4-5-22(31)20(14-18)19-8-10-38(11-9-19)29(41)21-16-39(12-13-42-3)27-23(32)6-7-24(25(21)27)43-30(33,34)35;/h4-7,14,16-17,19,26H,8-13,15,36H2,1-3H3,(H,37,40);1H/t26-;/m1./s1. The molecule has 1 atom stereocenters. The average molecular weight is 647 g/mol. The number of nitrogens with zero attached hydrogens (tertiary/aromatic N) is 2. The zero-order chi connectivity index (χ0) is 31.5. The fourth-order valence-corrected chi connectivity index (χ4v) is 5.30. The van der Waals surface area contributed by atoms with Gasteiger partial charge in [-0.05, 0) is 54.0 Å². The van der Waals surface area contributed by atoms with Crippen LogP contribution in [0, 0.1) is 17.6 Å². The van der Waals surface area contributed by atoms with E-state index in [1.807, 2.05) is 13.8 Å². The van der Waals surface area contributed by atoms with E-state index >= 15 is 0 Å². The van der Waals surface area contributed by atoms with Crippen LogP contribution in [0.3, 0.4) is 0 Å². The molecule has 242 valence electrons. The first-order chi connectivity index (χ1) is 20.3. The van der Waals surface area contributed by atoms with Crippen LogP contribution in [0.2, 0.25) is 0 Å². The minimum absolute atomic E-state index is 0. The highest BCUT2D eigenvalue weighted by molar-refractivity contribution is 6.09. The Kier molecular flexibility index (Phi) is 11.6. The fourth-order valence-electron chi connectivity index (χ4n) is 5.30. The summed E-state index contributed by atoms with van der Waals surface area (Å²) in [5.41, 5.74) is 6.70. The zero-order valence-corrected chi connectivity index (χ0v) is 25.4. The molecule has 1 saturated heterocycles. The Morgan fingerprint density at radius 3 is 2.36 bits per heavy atom. The van der Waals surface area contributed by atoms with Gasteiger partial charge in [0, 0.05) is 39.5 Å². The van der Waals surface area contributed by atoms with Gasteiger partial charge in [-0.2, -0.15) is 0 Å². The van der Waals surface area contributed by atoms with E-state index in [0.29, 0.717) is 24.0 Å². The SMILES string of the molecule is COCCn1cc(C(=O)N2CCC(c3cc(CNC(=O)[C@H](N)C(C)C)ccc3F)CC2)c2c(OC(F)(F)F)ccc(F)c21.Cl. The van der Waals surface area contributed by atoms with Crippen molar-refractivity contribution in [3.8, 4) is 5.75 Å². The van der Waals surface area contributed by atoms with Crippen molar-refractivity contribution in [2.24, 2.45) is 11.7 Å². The summed E-state index contributed by atoms with van der Waals surface area (Å²) in [5.74, 6) is -3.07. The molecule has 8 nitrogen and oxygen atoms in total. The van der Waals surface area contributed by atoms with Crippen LogP contribution in [0.15, 0.2) is 36.5 Å². The first-order valence-electron chi connectivity index (χ1n) is 14.0. The third-order valence-electron chi connectivity index (χ3n) is 7.69. The van der Waals surface area contributed by atoms with E-state index in [1.165, 1.54) is 28.8 Å². The van der Waals surface area contributed by atoms with Crippen LogP contribution in [0.1, 0.15) is 54.1 Å². The quantitative estimate of drug-likeness (QED) is 0.283. The van der Waals surface area contributed by atoms with Gasteiger partial charge in [0.2, 0.25) is 5.91 Å². The van der Waals surface area contributed by atoms with Crippen LogP contribution in [-0.2, 0) is 22.6 Å². The lowest BCUT2D eigenvalue weighted by Crippen LogP contribution is -2.43. The number of benzene rings is 2. The second kappa shape index (κ2) is 14.6. The molecule has 0 spiro atoms. The van der Waals surface area contributed by atoms with Gasteiger partial charge in [0.25, 0.3) is 5.91 Å². The second-order valence-electron chi connectivity index (χ2n) is 11.0. The topological polar surface area (TPSA) is 98.8 Å². The van der Waals surface area contributed by atoms with Crippen LogP contribution in [0.4, 0.5) is 22.0 Å². The lowest BCUT2D eigenvalue weighted by atomic mass is 9.88. The Hall–Kier alpha value is -3.42. The van der Waals surface area contributed by atoms with Crippen LogP contribution in [0.25, 0.3) is 10.9 Å². The number of halogens is 6. The van der Waals surface area contributed by atoms with Gasteiger partial charge in [-0.25, -0.2) is 8.78 Å². The number of amides is 2. The van der Waals surface area contributed by atoms with E-state index in [1.54, 1.807) is 12.1 Å². The van der Waals surface area contributed by atoms with Crippen LogP contribution in [-0.4, -0.2) is 60.5 Å². The Labute approximate surface area is 258 Å². The third kappa shape index (κ3) is 7.99. The number of carbonyl (C=O) groups is 2. The van der Waals surface area contributed by atoms with Gasteiger partial charge in [-0.15, -0.1) is 25.6 Å². The van der Waals surface area contributed by atoms with Gasteiger partial charge < -0.3 is 30.0 Å². The molecule has 3 aromatic rings. The number of methoxy groups -OCH3 is 1. The highest BCUT2D eigenvalue weighted by atomic mass is 35.5. The number of likely N-dealkylation sites (tertiary alicyclic amines) is 1. The minimum atomic E-state index is -5.06.